The summed E-state index contributed by atoms with van der Waals surface area (Å²) in [4.78, 5) is 14.7. The summed E-state index contributed by atoms with van der Waals surface area (Å²) in [5.41, 5.74) is -2.37. The molecule has 0 spiro atoms. The first-order valence-corrected chi connectivity index (χ1v) is 10.8. The van der Waals surface area contributed by atoms with E-state index in [2.05, 4.69) is 6.92 Å². The van der Waals surface area contributed by atoms with Crippen LogP contribution in [0, 0.1) is 17.8 Å². The first-order chi connectivity index (χ1) is 12.7. The van der Waals surface area contributed by atoms with Crippen LogP contribution in [0.4, 0.5) is 0 Å². The molecule has 0 aliphatic carbocycles. The summed E-state index contributed by atoms with van der Waals surface area (Å²) in [7, 11) is 1.91. The maximum absolute atomic E-state index is 12.7. The highest BCUT2D eigenvalue weighted by molar-refractivity contribution is 5.72. The second-order valence-corrected chi connectivity index (χ2v) is 9.80. The first-order valence-electron chi connectivity index (χ1n) is 10.8. The summed E-state index contributed by atoms with van der Waals surface area (Å²) in [6, 6.07) is -0.336. The van der Waals surface area contributed by atoms with Crippen molar-refractivity contribution < 1.29 is 24.9 Å². The number of carbonyl (C=O) groups is 1. The molecular formula is C22H43NO5. The Bertz CT molecular complexity index is 507. The molecule has 0 saturated carbocycles. The third-order valence-electron chi connectivity index (χ3n) is 6.78. The van der Waals surface area contributed by atoms with Crippen molar-refractivity contribution in [2.75, 3.05) is 13.6 Å². The van der Waals surface area contributed by atoms with E-state index in [1.807, 2.05) is 46.6 Å². The highest BCUT2D eigenvalue weighted by atomic mass is 16.6. The number of cyclic esters (lactones) is 1. The highest BCUT2D eigenvalue weighted by Crippen LogP contribution is 2.31. The summed E-state index contributed by atoms with van der Waals surface area (Å²) in [5, 5.41) is 32.8. The largest absolute Gasteiger partial charge is 0.459 e. The lowest BCUT2D eigenvalue weighted by molar-refractivity contribution is -0.190. The molecule has 0 aromatic heterocycles. The predicted molar refractivity (Wildman–Crippen MR) is 111 cm³/mol. The number of aliphatic hydroxyl groups excluding tert-OH is 1. The fourth-order valence-corrected chi connectivity index (χ4v) is 4.38. The van der Waals surface area contributed by atoms with E-state index in [1.54, 1.807) is 6.92 Å². The van der Waals surface area contributed by atoms with Gasteiger partial charge in [-0.3, -0.25) is 4.79 Å². The Morgan fingerprint density at radius 3 is 2.29 bits per heavy atom. The summed E-state index contributed by atoms with van der Waals surface area (Å²) < 4.78 is 5.67. The van der Waals surface area contributed by atoms with Gasteiger partial charge in [0.05, 0.1) is 11.5 Å². The molecule has 6 nitrogen and oxygen atoms in total. The molecule has 0 aromatic rings. The Hall–Kier alpha value is -0.690. The number of esters is 1. The monoisotopic (exact) mass is 401 g/mol. The lowest BCUT2D eigenvalue weighted by Gasteiger charge is -2.42. The van der Waals surface area contributed by atoms with E-state index >= 15 is 0 Å². The van der Waals surface area contributed by atoms with Gasteiger partial charge in [0.15, 0.2) is 0 Å². The molecule has 3 N–H and O–H groups in total. The minimum Gasteiger partial charge on any atom is -0.459 e. The second kappa shape index (κ2) is 9.88. The number of rotatable bonds is 1. The van der Waals surface area contributed by atoms with E-state index in [9.17, 15) is 20.1 Å². The number of carbonyl (C=O) groups excluding carboxylic acids is 1. The van der Waals surface area contributed by atoms with E-state index in [-0.39, 0.29) is 29.8 Å². The first kappa shape index (κ1) is 25.3. The van der Waals surface area contributed by atoms with E-state index in [0.717, 1.165) is 6.42 Å². The van der Waals surface area contributed by atoms with Crippen molar-refractivity contribution in [2.24, 2.45) is 17.8 Å². The fourth-order valence-electron chi connectivity index (χ4n) is 4.38. The average Bonchev–Trinajstić information content (AvgIpc) is 2.60. The van der Waals surface area contributed by atoms with Crippen molar-refractivity contribution in [3.8, 4) is 0 Å². The van der Waals surface area contributed by atoms with Crippen LogP contribution in [0.25, 0.3) is 0 Å². The van der Waals surface area contributed by atoms with Crippen LogP contribution in [0.1, 0.15) is 74.1 Å². The van der Waals surface area contributed by atoms with E-state index < -0.39 is 23.4 Å². The summed E-state index contributed by atoms with van der Waals surface area (Å²) >= 11 is 0. The predicted octanol–water partition coefficient (Wildman–Crippen LogP) is 2.58. The average molecular weight is 402 g/mol. The third kappa shape index (κ3) is 6.41. The molecule has 1 fully saturated rings. The van der Waals surface area contributed by atoms with Crippen LogP contribution in [-0.2, 0) is 9.53 Å². The fraction of sp³-hybridized carbons (Fsp3) is 0.955. The second-order valence-electron chi connectivity index (χ2n) is 9.80. The van der Waals surface area contributed by atoms with Crippen molar-refractivity contribution in [1.29, 1.82) is 0 Å². The summed E-state index contributed by atoms with van der Waals surface area (Å²) in [5.74, 6) is -0.443. The number of nitrogens with zero attached hydrogens (tertiary/aromatic N) is 1. The maximum Gasteiger partial charge on any atom is 0.309 e. The van der Waals surface area contributed by atoms with Gasteiger partial charge >= 0.3 is 5.97 Å². The van der Waals surface area contributed by atoms with Crippen LogP contribution >= 0.6 is 0 Å². The molecule has 1 aliphatic rings. The number of hydrogen-bond acceptors (Lipinski definition) is 6. The van der Waals surface area contributed by atoms with Gasteiger partial charge in [0, 0.05) is 12.6 Å². The lowest BCUT2D eigenvalue weighted by atomic mass is 9.83. The molecule has 1 aliphatic heterocycles. The van der Waals surface area contributed by atoms with Gasteiger partial charge in [0.2, 0.25) is 0 Å². The summed E-state index contributed by atoms with van der Waals surface area (Å²) in [6.07, 6.45) is 0.523. The Morgan fingerprint density at radius 2 is 1.75 bits per heavy atom. The van der Waals surface area contributed by atoms with E-state index in [1.165, 1.54) is 0 Å². The van der Waals surface area contributed by atoms with Crippen molar-refractivity contribution in [3.05, 3.63) is 0 Å². The molecule has 1 heterocycles. The topological polar surface area (TPSA) is 90.2 Å². The summed E-state index contributed by atoms with van der Waals surface area (Å²) in [6.45, 7) is 13.7. The van der Waals surface area contributed by atoms with Crippen LogP contribution in [0.3, 0.4) is 0 Å². The van der Waals surface area contributed by atoms with Gasteiger partial charge in [-0.05, 0) is 65.3 Å². The Labute approximate surface area is 171 Å². The molecule has 0 bridgehead atoms. The van der Waals surface area contributed by atoms with E-state index in [4.69, 9.17) is 4.74 Å². The number of likely N-dealkylation sites (N-methyl/N-ethyl adjacent to an activating group) is 1. The van der Waals surface area contributed by atoms with Crippen LogP contribution in [0.5, 0.6) is 0 Å². The van der Waals surface area contributed by atoms with Gasteiger partial charge in [-0.1, -0.05) is 27.7 Å². The third-order valence-corrected chi connectivity index (χ3v) is 6.78. The molecular weight excluding hydrogens is 358 g/mol. The van der Waals surface area contributed by atoms with Crippen molar-refractivity contribution in [3.63, 3.8) is 0 Å². The highest BCUT2D eigenvalue weighted by Gasteiger charge is 2.45. The van der Waals surface area contributed by atoms with Gasteiger partial charge in [-0.15, -0.1) is 0 Å². The Balaban J connectivity index is 3.20. The van der Waals surface area contributed by atoms with Gasteiger partial charge in [0.25, 0.3) is 0 Å². The van der Waals surface area contributed by atoms with Crippen LogP contribution in [-0.4, -0.2) is 69.2 Å². The Morgan fingerprint density at radius 1 is 1.18 bits per heavy atom. The van der Waals surface area contributed by atoms with Crippen LogP contribution < -0.4 is 0 Å². The molecule has 0 aromatic carbocycles. The van der Waals surface area contributed by atoms with Gasteiger partial charge in [0.1, 0.15) is 17.8 Å². The molecule has 166 valence electrons. The van der Waals surface area contributed by atoms with Gasteiger partial charge in [-0.25, -0.2) is 0 Å². The van der Waals surface area contributed by atoms with Gasteiger partial charge in [-0.2, -0.15) is 0 Å². The molecule has 28 heavy (non-hydrogen) atoms. The zero-order valence-electron chi connectivity index (χ0n) is 19.1. The molecule has 6 heteroatoms. The van der Waals surface area contributed by atoms with Crippen molar-refractivity contribution in [2.45, 2.75) is 104 Å². The molecule has 8 unspecified atom stereocenters. The molecule has 0 radical (unpaired) electrons. The normalized spacial score (nSPS) is 45.8. The van der Waals surface area contributed by atoms with Crippen molar-refractivity contribution in [1.82, 2.24) is 4.90 Å². The van der Waals surface area contributed by atoms with Gasteiger partial charge < -0.3 is 25.0 Å². The molecule has 0 amide bonds. The molecule has 1 saturated heterocycles. The van der Waals surface area contributed by atoms with E-state index in [0.29, 0.717) is 25.8 Å². The van der Waals surface area contributed by atoms with Crippen LogP contribution in [0.2, 0.25) is 0 Å². The van der Waals surface area contributed by atoms with Crippen molar-refractivity contribution >= 4 is 5.97 Å². The SMILES string of the molecule is CCC1OC(=O)C(C)C(C)CCC(C)(O)CC(C)CN(C)C(C)C(O)C1(C)O. The zero-order chi connectivity index (χ0) is 21.9. The quantitative estimate of drug-likeness (QED) is 0.585. The standard InChI is InChI=1S/C22H43NO5/c1-9-18-22(7,27)19(24)17(5)23(8)13-14(2)12-21(6,26)11-10-15(3)16(4)20(25)28-18/h14-19,24,26-27H,9-13H2,1-8H3. The minimum atomic E-state index is -1.56. The minimum absolute atomic E-state index is 0.0494. The molecule has 8 atom stereocenters. The number of hydrogen-bond donors (Lipinski definition) is 3. The number of ether oxygens (including phenoxy) is 1. The molecule has 1 rings (SSSR count). The Kier molecular flexibility index (Phi) is 8.94. The lowest BCUT2D eigenvalue weighted by Crippen LogP contribution is -2.59. The van der Waals surface area contributed by atoms with Crippen LogP contribution in [0.15, 0.2) is 0 Å². The number of aliphatic hydroxyl groups is 3. The smallest absolute Gasteiger partial charge is 0.309 e. The maximum atomic E-state index is 12.7. The zero-order valence-corrected chi connectivity index (χ0v) is 19.1.